The number of pyridine rings is 1. The van der Waals surface area contributed by atoms with Gasteiger partial charge in [-0.15, -0.1) is 0 Å². The summed E-state index contributed by atoms with van der Waals surface area (Å²) < 4.78 is 0. The molecule has 0 saturated carbocycles. The number of hydrogen-bond acceptors (Lipinski definition) is 4. The van der Waals surface area contributed by atoms with Crippen molar-refractivity contribution in [3.63, 3.8) is 0 Å². The third-order valence-electron chi connectivity index (χ3n) is 4.27. The normalized spacial score (nSPS) is 18.4. The predicted molar refractivity (Wildman–Crippen MR) is 98.6 cm³/mol. The molecule has 1 fully saturated rings. The minimum absolute atomic E-state index is 0.00725. The first-order valence-electron chi connectivity index (χ1n) is 8.41. The van der Waals surface area contributed by atoms with Gasteiger partial charge >= 0.3 is 0 Å². The van der Waals surface area contributed by atoms with Gasteiger partial charge in [-0.1, -0.05) is 25.4 Å². The molecule has 130 valence electrons. The van der Waals surface area contributed by atoms with E-state index in [9.17, 15) is 4.79 Å². The molecular formula is C17H24ClN5O. The lowest BCUT2D eigenvalue weighted by Crippen LogP contribution is -2.43. The molecule has 1 saturated heterocycles. The Labute approximate surface area is 146 Å². The highest BCUT2D eigenvalue weighted by atomic mass is 35.5. The van der Waals surface area contributed by atoms with Gasteiger partial charge in [-0.25, -0.2) is 4.98 Å². The van der Waals surface area contributed by atoms with Crippen molar-refractivity contribution in [3.8, 4) is 0 Å². The highest BCUT2D eigenvalue weighted by Crippen LogP contribution is 2.38. The van der Waals surface area contributed by atoms with Gasteiger partial charge in [-0.2, -0.15) is 0 Å². The van der Waals surface area contributed by atoms with Crippen LogP contribution in [0.3, 0.4) is 0 Å². The van der Waals surface area contributed by atoms with Crippen LogP contribution >= 0.6 is 11.6 Å². The summed E-state index contributed by atoms with van der Waals surface area (Å²) in [5.41, 5.74) is 8.47. The van der Waals surface area contributed by atoms with Gasteiger partial charge in [0.2, 0.25) is 5.91 Å². The number of H-pyrrole nitrogens is 1. The molecule has 0 aromatic carbocycles. The molecule has 0 unspecified atom stereocenters. The molecular weight excluding hydrogens is 326 g/mol. The Hall–Kier alpha value is -1.79. The number of carbonyl (C=O) groups excluding carboxylic acids is 1. The van der Waals surface area contributed by atoms with Gasteiger partial charge in [0.05, 0.1) is 28.0 Å². The van der Waals surface area contributed by atoms with Gasteiger partial charge in [-0.3, -0.25) is 4.79 Å². The molecule has 2 aromatic rings. The van der Waals surface area contributed by atoms with Crippen LogP contribution in [0.5, 0.6) is 0 Å². The van der Waals surface area contributed by atoms with Crippen LogP contribution in [0.1, 0.15) is 33.1 Å². The number of nitrogens with one attached hydrogen (secondary N) is 2. The fourth-order valence-corrected chi connectivity index (χ4v) is 3.51. The van der Waals surface area contributed by atoms with Gasteiger partial charge in [0.1, 0.15) is 5.65 Å². The molecule has 1 amide bonds. The number of anilines is 2. The highest BCUT2D eigenvalue weighted by molar-refractivity contribution is 6.35. The van der Waals surface area contributed by atoms with Gasteiger partial charge in [0.15, 0.2) is 0 Å². The van der Waals surface area contributed by atoms with E-state index < -0.39 is 0 Å². The van der Waals surface area contributed by atoms with E-state index in [0.29, 0.717) is 23.0 Å². The van der Waals surface area contributed by atoms with Crippen LogP contribution in [0.4, 0.5) is 11.4 Å². The second-order valence-electron chi connectivity index (χ2n) is 6.88. The summed E-state index contributed by atoms with van der Waals surface area (Å²) in [5, 5.41) is 4.42. The zero-order valence-electron chi connectivity index (χ0n) is 14.1. The maximum atomic E-state index is 12.2. The number of aromatic amines is 1. The Balaban J connectivity index is 1.99. The Morgan fingerprint density at radius 3 is 3.08 bits per heavy atom. The van der Waals surface area contributed by atoms with E-state index in [4.69, 9.17) is 17.3 Å². The smallest absolute Gasteiger partial charge is 0.224 e. The minimum atomic E-state index is -0.00725. The first kappa shape index (κ1) is 17.0. The maximum absolute atomic E-state index is 12.2. The van der Waals surface area contributed by atoms with Crippen LogP contribution in [-0.4, -0.2) is 35.0 Å². The monoisotopic (exact) mass is 349 g/mol. The molecule has 3 heterocycles. The molecule has 0 bridgehead atoms. The van der Waals surface area contributed by atoms with Crippen LogP contribution in [0.2, 0.25) is 5.02 Å². The molecule has 0 radical (unpaired) electrons. The van der Waals surface area contributed by atoms with Crippen LogP contribution in [0.25, 0.3) is 11.0 Å². The highest BCUT2D eigenvalue weighted by Gasteiger charge is 2.24. The summed E-state index contributed by atoms with van der Waals surface area (Å²) in [6.07, 6.45) is 5.95. The number of nitrogens with zero attached hydrogens (tertiary/aromatic N) is 2. The molecule has 2 aromatic heterocycles. The third-order valence-corrected chi connectivity index (χ3v) is 4.55. The van der Waals surface area contributed by atoms with Crippen LogP contribution in [-0.2, 0) is 4.79 Å². The van der Waals surface area contributed by atoms with Gasteiger partial charge in [0, 0.05) is 31.7 Å². The predicted octanol–water partition coefficient (Wildman–Crippen LogP) is 3.13. The molecule has 1 aliphatic rings. The zero-order chi connectivity index (χ0) is 17.3. The molecule has 1 atom stereocenters. The van der Waals surface area contributed by atoms with Crippen LogP contribution < -0.4 is 16.0 Å². The second-order valence-corrected chi connectivity index (χ2v) is 7.28. The lowest BCUT2D eigenvalue weighted by Gasteiger charge is -2.33. The summed E-state index contributed by atoms with van der Waals surface area (Å²) in [4.78, 5) is 21.8. The first-order chi connectivity index (χ1) is 11.5. The van der Waals surface area contributed by atoms with E-state index in [1.54, 1.807) is 12.4 Å². The molecule has 4 N–H and O–H groups in total. The van der Waals surface area contributed by atoms with Crippen LogP contribution in [0, 0.1) is 5.92 Å². The van der Waals surface area contributed by atoms with E-state index in [-0.39, 0.29) is 11.9 Å². The average Bonchev–Trinajstić information content (AvgIpc) is 2.89. The number of aromatic nitrogens is 2. The van der Waals surface area contributed by atoms with Gasteiger partial charge in [-0.05, 0) is 18.8 Å². The number of piperidine rings is 1. The number of halogens is 1. The van der Waals surface area contributed by atoms with Crippen molar-refractivity contribution in [3.05, 3.63) is 17.4 Å². The van der Waals surface area contributed by atoms with Crippen molar-refractivity contribution in [2.24, 2.45) is 11.7 Å². The summed E-state index contributed by atoms with van der Waals surface area (Å²) in [5.74, 6) is 0.295. The number of nitrogens with two attached hydrogens (primary N) is 1. The quantitative estimate of drug-likeness (QED) is 0.791. The summed E-state index contributed by atoms with van der Waals surface area (Å²) in [6, 6.07) is 0.135. The second kappa shape index (κ2) is 6.99. The fraction of sp³-hybridized carbons (Fsp3) is 0.529. The maximum Gasteiger partial charge on any atom is 0.224 e. The number of fused-ring (bicyclic) bond motifs is 1. The summed E-state index contributed by atoms with van der Waals surface area (Å²) in [7, 11) is 0. The lowest BCUT2D eigenvalue weighted by molar-refractivity contribution is -0.116. The van der Waals surface area contributed by atoms with Crippen LogP contribution in [0.15, 0.2) is 12.4 Å². The molecule has 1 aliphatic heterocycles. The minimum Gasteiger partial charge on any atom is -0.368 e. The summed E-state index contributed by atoms with van der Waals surface area (Å²) in [6.45, 7) is 5.70. The van der Waals surface area contributed by atoms with Crippen molar-refractivity contribution in [2.75, 3.05) is 23.3 Å². The Morgan fingerprint density at radius 1 is 1.58 bits per heavy atom. The Morgan fingerprint density at radius 2 is 2.38 bits per heavy atom. The standard InChI is InChI=1S/C17H24ClN5O/c1-10(2)6-14(24)22-13-8-21-17-15(13)16(12(18)7-20-17)23-5-3-4-11(19)9-23/h7-8,10-11H,3-6,9,19H2,1-2H3,(H,20,21)(H,22,24)/t11-/m1/s1. The third kappa shape index (κ3) is 3.49. The molecule has 7 heteroatoms. The topological polar surface area (TPSA) is 87.0 Å². The van der Waals surface area contributed by atoms with E-state index in [1.165, 1.54) is 0 Å². The van der Waals surface area contributed by atoms with E-state index in [0.717, 1.165) is 42.7 Å². The Bertz CT molecular complexity index is 742. The SMILES string of the molecule is CC(C)CC(=O)Nc1c[nH]c2ncc(Cl)c(N3CCC[C@@H](N)C3)c12. The molecule has 0 spiro atoms. The Kier molecular flexibility index (Phi) is 4.96. The van der Waals surface area contributed by atoms with E-state index in [1.807, 2.05) is 13.8 Å². The number of hydrogen-bond donors (Lipinski definition) is 3. The number of carbonyl (C=O) groups is 1. The van der Waals surface area contributed by atoms with Gasteiger partial charge in [0.25, 0.3) is 0 Å². The summed E-state index contributed by atoms with van der Waals surface area (Å²) >= 11 is 6.46. The number of amides is 1. The van der Waals surface area contributed by atoms with Crippen molar-refractivity contribution in [2.45, 2.75) is 39.2 Å². The number of rotatable bonds is 4. The van der Waals surface area contributed by atoms with Gasteiger partial charge < -0.3 is 20.9 Å². The van der Waals surface area contributed by atoms with Crippen molar-refractivity contribution >= 4 is 39.9 Å². The average molecular weight is 350 g/mol. The van der Waals surface area contributed by atoms with E-state index in [2.05, 4.69) is 20.2 Å². The molecule has 6 nitrogen and oxygen atoms in total. The molecule has 0 aliphatic carbocycles. The largest absolute Gasteiger partial charge is 0.368 e. The van der Waals surface area contributed by atoms with Crippen molar-refractivity contribution in [1.82, 2.24) is 9.97 Å². The lowest BCUT2D eigenvalue weighted by atomic mass is 10.1. The zero-order valence-corrected chi connectivity index (χ0v) is 14.9. The van der Waals surface area contributed by atoms with E-state index >= 15 is 0 Å². The first-order valence-corrected chi connectivity index (χ1v) is 8.79. The molecule has 24 heavy (non-hydrogen) atoms. The fourth-order valence-electron chi connectivity index (χ4n) is 3.25. The van der Waals surface area contributed by atoms with Crippen molar-refractivity contribution in [1.29, 1.82) is 0 Å². The molecule has 3 rings (SSSR count). The van der Waals surface area contributed by atoms with Crippen molar-refractivity contribution < 1.29 is 4.79 Å².